The van der Waals surface area contributed by atoms with Crippen molar-refractivity contribution in [2.45, 2.75) is 20.0 Å². The molecule has 0 spiro atoms. The van der Waals surface area contributed by atoms with Crippen molar-refractivity contribution < 1.29 is 0 Å². The fourth-order valence-corrected chi connectivity index (χ4v) is 2.44. The number of anilines is 2. The molecule has 0 amide bonds. The van der Waals surface area contributed by atoms with Crippen LogP contribution in [-0.2, 0) is 13.1 Å². The van der Waals surface area contributed by atoms with E-state index in [0.717, 1.165) is 30.0 Å². The standard InChI is InChI=1S/C15H16N2/c1-11-5-4-8-14(15(11)16)17-9-12-6-2-3-7-13(12)10-17/h2-8H,9-10,16H2,1H3. The molecule has 0 atom stereocenters. The highest BCUT2D eigenvalue weighted by Crippen LogP contribution is 2.33. The molecule has 0 aromatic heterocycles. The van der Waals surface area contributed by atoms with Gasteiger partial charge >= 0.3 is 0 Å². The molecule has 1 aliphatic heterocycles. The van der Waals surface area contributed by atoms with Crippen LogP contribution in [0.3, 0.4) is 0 Å². The number of nitrogen functional groups attached to an aromatic ring is 1. The molecule has 86 valence electrons. The van der Waals surface area contributed by atoms with Crippen LogP contribution in [0, 0.1) is 6.92 Å². The molecule has 2 aromatic rings. The lowest BCUT2D eigenvalue weighted by Gasteiger charge is -2.20. The van der Waals surface area contributed by atoms with Crippen molar-refractivity contribution in [1.82, 2.24) is 0 Å². The monoisotopic (exact) mass is 224 g/mol. The van der Waals surface area contributed by atoms with E-state index in [1.165, 1.54) is 11.1 Å². The molecule has 2 heteroatoms. The Balaban J connectivity index is 1.97. The van der Waals surface area contributed by atoms with E-state index in [-0.39, 0.29) is 0 Å². The van der Waals surface area contributed by atoms with Crippen LogP contribution >= 0.6 is 0 Å². The fourth-order valence-electron chi connectivity index (χ4n) is 2.44. The van der Waals surface area contributed by atoms with E-state index < -0.39 is 0 Å². The second kappa shape index (κ2) is 3.81. The highest BCUT2D eigenvalue weighted by Gasteiger charge is 2.20. The van der Waals surface area contributed by atoms with Gasteiger partial charge in [0.15, 0.2) is 0 Å². The highest BCUT2D eigenvalue weighted by atomic mass is 15.2. The lowest BCUT2D eigenvalue weighted by Crippen LogP contribution is -2.16. The van der Waals surface area contributed by atoms with Gasteiger partial charge in [-0.25, -0.2) is 0 Å². The van der Waals surface area contributed by atoms with E-state index in [1.54, 1.807) is 0 Å². The lowest BCUT2D eigenvalue weighted by molar-refractivity contribution is 0.881. The average Bonchev–Trinajstić information content (AvgIpc) is 2.76. The first-order chi connectivity index (χ1) is 8.25. The van der Waals surface area contributed by atoms with Crippen molar-refractivity contribution in [2.75, 3.05) is 10.6 Å². The Morgan fingerprint density at radius 2 is 1.59 bits per heavy atom. The van der Waals surface area contributed by atoms with Crippen LogP contribution in [0.1, 0.15) is 16.7 Å². The fraction of sp³-hybridized carbons (Fsp3) is 0.200. The number of nitrogens with zero attached hydrogens (tertiary/aromatic N) is 1. The Morgan fingerprint density at radius 1 is 0.941 bits per heavy atom. The largest absolute Gasteiger partial charge is 0.397 e. The number of aryl methyl sites for hydroxylation is 1. The predicted molar refractivity (Wildman–Crippen MR) is 71.9 cm³/mol. The number of benzene rings is 2. The molecule has 17 heavy (non-hydrogen) atoms. The van der Waals surface area contributed by atoms with E-state index in [0.29, 0.717) is 0 Å². The Kier molecular flexibility index (Phi) is 2.29. The maximum atomic E-state index is 6.16. The SMILES string of the molecule is Cc1cccc(N2Cc3ccccc3C2)c1N. The third-order valence-electron chi connectivity index (χ3n) is 3.48. The van der Waals surface area contributed by atoms with E-state index in [9.17, 15) is 0 Å². The van der Waals surface area contributed by atoms with Gasteiger partial charge in [0.2, 0.25) is 0 Å². The zero-order valence-corrected chi connectivity index (χ0v) is 9.98. The molecular weight excluding hydrogens is 208 g/mol. The van der Waals surface area contributed by atoms with E-state index >= 15 is 0 Å². The Morgan fingerprint density at radius 3 is 2.24 bits per heavy atom. The van der Waals surface area contributed by atoms with Crippen LogP contribution < -0.4 is 10.6 Å². The molecule has 3 rings (SSSR count). The summed E-state index contributed by atoms with van der Waals surface area (Å²) in [6.07, 6.45) is 0. The number of nitrogens with two attached hydrogens (primary N) is 1. The van der Waals surface area contributed by atoms with Crippen LogP contribution in [0.5, 0.6) is 0 Å². The minimum absolute atomic E-state index is 0.903. The van der Waals surface area contributed by atoms with Crippen molar-refractivity contribution in [3.05, 3.63) is 59.2 Å². The Labute approximate surface area is 102 Å². The van der Waals surface area contributed by atoms with Gasteiger partial charge in [-0.15, -0.1) is 0 Å². The van der Waals surface area contributed by atoms with Crippen molar-refractivity contribution in [3.63, 3.8) is 0 Å². The third kappa shape index (κ3) is 1.66. The molecule has 0 unspecified atom stereocenters. The number of rotatable bonds is 1. The summed E-state index contributed by atoms with van der Waals surface area (Å²) >= 11 is 0. The van der Waals surface area contributed by atoms with Crippen LogP contribution in [0.2, 0.25) is 0 Å². The van der Waals surface area contributed by atoms with Gasteiger partial charge in [-0.05, 0) is 29.7 Å². The maximum Gasteiger partial charge on any atom is 0.0608 e. The molecule has 0 saturated carbocycles. The minimum atomic E-state index is 0.903. The third-order valence-corrected chi connectivity index (χ3v) is 3.48. The van der Waals surface area contributed by atoms with Gasteiger partial charge in [0, 0.05) is 13.1 Å². The number of hydrogen-bond donors (Lipinski definition) is 1. The van der Waals surface area contributed by atoms with Gasteiger partial charge in [0.25, 0.3) is 0 Å². The summed E-state index contributed by atoms with van der Waals surface area (Å²) in [4.78, 5) is 2.34. The van der Waals surface area contributed by atoms with Crippen LogP contribution in [-0.4, -0.2) is 0 Å². The molecule has 0 fully saturated rings. The topological polar surface area (TPSA) is 29.3 Å². The second-order valence-electron chi connectivity index (χ2n) is 4.63. The molecule has 0 bridgehead atoms. The average molecular weight is 224 g/mol. The Bertz CT molecular complexity index is 536. The summed E-state index contributed by atoms with van der Waals surface area (Å²) in [6, 6.07) is 14.8. The summed E-state index contributed by atoms with van der Waals surface area (Å²) in [6.45, 7) is 3.98. The first kappa shape index (κ1) is 10.2. The summed E-state index contributed by atoms with van der Waals surface area (Å²) in [5.74, 6) is 0. The van der Waals surface area contributed by atoms with Gasteiger partial charge < -0.3 is 10.6 Å². The first-order valence-corrected chi connectivity index (χ1v) is 5.92. The quantitative estimate of drug-likeness (QED) is 0.754. The van der Waals surface area contributed by atoms with Crippen molar-refractivity contribution in [2.24, 2.45) is 0 Å². The van der Waals surface area contributed by atoms with Crippen LogP contribution in [0.25, 0.3) is 0 Å². The van der Waals surface area contributed by atoms with Crippen LogP contribution in [0.15, 0.2) is 42.5 Å². The number of para-hydroxylation sites is 1. The zero-order chi connectivity index (χ0) is 11.8. The summed E-state index contributed by atoms with van der Waals surface area (Å²) in [5.41, 5.74) is 12.2. The molecule has 1 aliphatic rings. The maximum absolute atomic E-state index is 6.16. The summed E-state index contributed by atoms with van der Waals surface area (Å²) < 4.78 is 0. The minimum Gasteiger partial charge on any atom is -0.397 e. The molecule has 0 saturated heterocycles. The van der Waals surface area contributed by atoms with Gasteiger partial charge in [-0.1, -0.05) is 36.4 Å². The predicted octanol–water partition coefficient (Wildman–Crippen LogP) is 3.10. The lowest BCUT2D eigenvalue weighted by atomic mass is 10.1. The van der Waals surface area contributed by atoms with Crippen molar-refractivity contribution in [3.8, 4) is 0 Å². The number of hydrogen-bond acceptors (Lipinski definition) is 2. The summed E-state index contributed by atoms with van der Waals surface area (Å²) in [7, 11) is 0. The molecule has 2 nitrogen and oxygen atoms in total. The smallest absolute Gasteiger partial charge is 0.0608 e. The first-order valence-electron chi connectivity index (χ1n) is 5.92. The van der Waals surface area contributed by atoms with E-state index in [1.807, 2.05) is 0 Å². The van der Waals surface area contributed by atoms with Gasteiger partial charge in [0.05, 0.1) is 11.4 Å². The summed E-state index contributed by atoms with van der Waals surface area (Å²) in [5, 5.41) is 0. The molecule has 0 radical (unpaired) electrons. The van der Waals surface area contributed by atoms with Gasteiger partial charge in [0.1, 0.15) is 0 Å². The highest BCUT2D eigenvalue weighted by molar-refractivity contribution is 5.71. The normalized spacial score (nSPS) is 13.8. The molecular formula is C15H16N2. The van der Waals surface area contributed by atoms with E-state index in [2.05, 4.69) is 54.3 Å². The number of fused-ring (bicyclic) bond motifs is 1. The van der Waals surface area contributed by atoms with Gasteiger partial charge in [-0.3, -0.25) is 0 Å². The van der Waals surface area contributed by atoms with E-state index in [4.69, 9.17) is 5.73 Å². The molecule has 0 aliphatic carbocycles. The molecule has 2 aromatic carbocycles. The second-order valence-corrected chi connectivity index (χ2v) is 4.63. The van der Waals surface area contributed by atoms with Crippen molar-refractivity contribution in [1.29, 1.82) is 0 Å². The Hall–Kier alpha value is -1.96. The molecule has 1 heterocycles. The van der Waals surface area contributed by atoms with Crippen LogP contribution in [0.4, 0.5) is 11.4 Å². The van der Waals surface area contributed by atoms with Crippen molar-refractivity contribution >= 4 is 11.4 Å². The zero-order valence-electron chi connectivity index (χ0n) is 9.98. The van der Waals surface area contributed by atoms with Gasteiger partial charge in [-0.2, -0.15) is 0 Å². The molecule has 2 N–H and O–H groups in total.